The van der Waals surface area contributed by atoms with Gasteiger partial charge in [-0.2, -0.15) is 0 Å². The van der Waals surface area contributed by atoms with Gasteiger partial charge in [-0.05, 0) is 29.8 Å². The van der Waals surface area contributed by atoms with Crippen LogP contribution in [0.25, 0.3) is 0 Å². The van der Waals surface area contributed by atoms with Gasteiger partial charge in [-0.25, -0.2) is 4.98 Å². The molecule has 0 atom stereocenters. The quantitative estimate of drug-likeness (QED) is 0.911. The average Bonchev–Trinajstić information content (AvgIpc) is 2.46. The van der Waals surface area contributed by atoms with Crippen molar-refractivity contribution in [1.29, 1.82) is 0 Å². The van der Waals surface area contributed by atoms with Crippen molar-refractivity contribution in [1.82, 2.24) is 10.3 Å². The SMILES string of the molecule is CNC(=O)c1cccnc1NCc1ccc(Br)cc1. The fourth-order valence-electron chi connectivity index (χ4n) is 1.65. The predicted molar refractivity (Wildman–Crippen MR) is 79.1 cm³/mol. The average molecular weight is 320 g/mol. The zero-order valence-corrected chi connectivity index (χ0v) is 12.1. The lowest BCUT2D eigenvalue weighted by molar-refractivity contribution is 0.0963. The van der Waals surface area contributed by atoms with E-state index >= 15 is 0 Å². The molecule has 2 N–H and O–H groups in total. The molecular weight excluding hydrogens is 306 g/mol. The number of anilines is 1. The van der Waals surface area contributed by atoms with Crippen LogP contribution in [0.2, 0.25) is 0 Å². The van der Waals surface area contributed by atoms with Crippen molar-refractivity contribution >= 4 is 27.7 Å². The summed E-state index contributed by atoms with van der Waals surface area (Å²) < 4.78 is 1.04. The molecule has 0 saturated carbocycles. The molecule has 0 fully saturated rings. The molecule has 1 aromatic heterocycles. The van der Waals surface area contributed by atoms with Crippen molar-refractivity contribution in [2.75, 3.05) is 12.4 Å². The maximum absolute atomic E-state index is 11.7. The molecule has 4 nitrogen and oxygen atoms in total. The Bertz CT molecular complexity index is 569. The van der Waals surface area contributed by atoms with Crippen molar-refractivity contribution in [3.63, 3.8) is 0 Å². The minimum Gasteiger partial charge on any atom is -0.365 e. The second-order valence-electron chi connectivity index (χ2n) is 3.96. The topological polar surface area (TPSA) is 54.0 Å². The third-order valence-corrected chi connectivity index (χ3v) is 3.18. The van der Waals surface area contributed by atoms with Crippen molar-refractivity contribution < 1.29 is 4.79 Å². The molecule has 0 spiro atoms. The Kier molecular flexibility index (Phi) is 4.52. The summed E-state index contributed by atoms with van der Waals surface area (Å²) in [6.07, 6.45) is 1.66. The number of carbonyl (C=O) groups excluding carboxylic acids is 1. The van der Waals surface area contributed by atoms with E-state index in [9.17, 15) is 4.79 Å². The highest BCUT2D eigenvalue weighted by Gasteiger charge is 2.09. The Hall–Kier alpha value is -1.88. The first-order chi connectivity index (χ1) is 9.20. The lowest BCUT2D eigenvalue weighted by Crippen LogP contribution is -2.20. The first-order valence-corrected chi connectivity index (χ1v) is 6.65. The summed E-state index contributed by atoms with van der Waals surface area (Å²) in [5.41, 5.74) is 1.67. The van der Waals surface area contributed by atoms with Crippen molar-refractivity contribution in [3.05, 3.63) is 58.2 Å². The number of hydrogen-bond donors (Lipinski definition) is 2. The molecule has 2 aromatic rings. The van der Waals surface area contributed by atoms with Gasteiger partial charge in [-0.3, -0.25) is 4.79 Å². The third-order valence-electron chi connectivity index (χ3n) is 2.65. The number of nitrogens with zero attached hydrogens (tertiary/aromatic N) is 1. The Morgan fingerprint density at radius 3 is 2.68 bits per heavy atom. The second kappa shape index (κ2) is 6.33. The fraction of sp³-hybridized carbons (Fsp3) is 0.143. The van der Waals surface area contributed by atoms with Crippen LogP contribution >= 0.6 is 15.9 Å². The number of halogens is 1. The molecule has 0 saturated heterocycles. The molecule has 1 amide bonds. The van der Waals surface area contributed by atoms with Gasteiger partial charge in [-0.1, -0.05) is 28.1 Å². The molecule has 1 heterocycles. The highest BCUT2D eigenvalue weighted by molar-refractivity contribution is 9.10. The number of rotatable bonds is 4. The summed E-state index contributed by atoms with van der Waals surface area (Å²) >= 11 is 3.40. The van der Waals surface area contributed by atoms with Crippen LogP contribution in [-0.4, -0.2) is 17.9 Å². The maximum atomic E-state index is 11.7. The molecule has 0 bridgehead atoms. The lowest BCUT2D eigenvalue weighted by Gasteiger charge is -2.09. The van der Waals surface area contributed by atoms with Gasteiger partial charge in [0.25, 0.3) is 5.91 Å². The first-order valence-electron chi connectivity index (χ1n) is 5.86. The molecule has 0 aliphatic rings. The van der Waals surface area contributed by atoms with E-state index in [0.717, 1.165) is 10.0 Å². The van der Waals surface area contributed by atoms with Crippen molar-refractivity contribution in [2.24, 2.45) is 0 Å². The smallest absolute Gasteiger partial charge is 0.254 e. The van der Waals surface area contributed by atoms with E-state index in [0.29, 0.717) is 17.9 Å². The van der Waals surface area contributed by atoms with Crippen LogP contribution in [0.1, 0.15) is 15.9 Å². The van der Waals surface area contributed by atoms with Gasteiger partial charge < -0.3 is 10.6 Å². The standard InChI is InChI=1S/C14H14BrN3O/c1-16-14(19)12-3-2-8-17-13(12)18-9-10-4-6-11(15)7-5-10/h2-8H,9H2,1H3,(H,16,19)(H,17,18). The van der Waals surface area contributed by atoms with Crippen molar-refractivity contribution in [2.45, 2.75) is 6.54 Å². The lowest BCUT2D eigenvalue weighted by atomic mass is 10.2. The van der Waals surface area contributed by atoms with Crippen LogP contribution in [0.15, 0.2) is 47.1 Å². The molecule has 19 heavy (non-hydrogen) atoms. The third kappa shape index (κ3) is 3.54. The van der Waals surface area contributed by atoms with E-state index in [2.05, 4.69) is 31.5 Å². The zero-order chi connectivity index (χ0) is 13.7. The van der Waals surface area contributed by atoms with Gasteiger partial charge in [0.15, 0.2) is 0 Å². The predicted octanol–water partition coefficient (Wildman–Crippen LogP) is 2.82. The molecule has 0 aliphatic carbocycles. The second-order valence-corrected chi connectivity index (χ2v) is 4.87. The highest BCUT2D eigenvalue weighted by atomic mass is 79.9. The molecule has 0 unspecified atom stereocenters. The molecule has 1 aromatic carbocycles. The van der Waals surface area contributed by atoms with Gasteiger partial charge in [0.2, 0.25) is 0 Å². The Labute approximate surface area is 120 Å². The van der Waals surface area contributed by atoms with Crippen LogP contribution in [0, 0.1) is 0 Å². The number of pyridine rings is 1. The Balaban J connectivity index is 2.11. The monoisotopic (exact) mass is 319 g/mol. The summed E-state index contributed by atoms with van der Waals surface area (Å²) in [7, 11) is 1.60. The van der Waals surface area contributed by atoms with Crippen LogP contribution < -0.4 is 10.6 Å². The van der Waals surface area contributed by atoms with E-state index in [1.165, 1.54) is 0 Å². The molecular formula is C14H14BrN3O. The van der Waals surface area contributed by atoms with E-state index in [4.69, 9.17) is 0 Å². The molecule has 98 valence electrons. The summed E-state index contributed by atoms with van der Waals surface area (Å²) in [4.78, 5) is 15.9. The number of aromatic nitrogens is 1. The number of nitrogens with one attached hydrogen (secondary N) is 2. The largest absolute Gasteiger partial charge is 0.365 e. The van der Waals surface area contributed by atoms with Crippen LogP contribution in [-0.2, 0) is 6.54 Å². The normalized spacial score (nSPS) is 10.0. The number of hydrogen-bond acceptors (Lipinski definition) is 3. The van der Waals surface area contributed by atoms with Crippen molar-refractivity contribution in [3.8, 4) is 0 Å². The first kappa shape index (κ1) is 13.5. The summed E-state index contributed by atoms with van der Waals surface area (Å²) in [6.45, 7) is 0.619. The van der Waals surface area contributed by atoms with E-state index in [1.807, 2.05) is 24.3 Å². The van der Waals surface area contributed by atoms with Gasteiger partial charge in [-0.15, -0.1) is 0 Å². The fourth-order valence-corrected chi connectivity index (χ4v) is 1.92. The van der Waals surface area contributed by atoms with Gasteiger partial charge in [0.05, 0.1) is 5.56 Å². The Morgan fingerprint density at radius 2 is 2.00 bits per heavy atom. The number of benzene rings is 1. The number of amides is 1. The van der Waals surface area contributed by atoms with Crippen LogP contribution in [0.5, 0.6) is 0 Å². The number of carbonyl (C=O) groups is 1. The highest BCUT2D eigenvalue weighted by Crippen LogP contribution is 2.14. The summed E-state index contributed by atoms with van der Waals surface area (Å²) in [6, 6.07) is 11.5. The van der Waals surface area contributed by atoms with E-state index in [-0.39, 0.29) is 5.91 Å². The molecule has 2 rings (SSSR count). The zero-order valence-electron chi connectivity index (χ0n) is 10.5. The molecule has 0 radical (unpaired) electrons. The summed E-state index contributed by atoms with van der Waals surface area (Å²) in [5, 5.41) is 5.78. The maximum Gasteiger partial charge on any atom is 0.254 e. The molecule has 5 heteroatoms. The van der Waals surface area contributed by atoms with Gasteiger partial charge in [0.1, 0.15) is 5.82 Å². The van der Waals surface area contributed by atoms with Gasteiger partial charge >= 0.3 is 0 Å². The minimum atomic E-state index is -0.147. The summed E-state index contributed by atoms with van der Waals surface area (Å²) in [5.74, 6) is 0.441. The van der Waals surface area contributed by atoms with Gasteiger partial charge in [0, 0.05) is 24.3 Å². The van der Waals surface area contributed by atoms with Crippen LogP contribution in [0.4, 0.5) is 5.82 Å². The van der Waals surface area contributed by atoms with Crippen LogP contribution in [0.3, 0.4) is 0 Å². The van der Waals surface area contributed by atoms with E-state index in [1.54, 1.807) is 25.4 Å². The van der Waals surface area contributed by atoms with E-state index < -0.39 is 0 Å². The minimum absolute atomic E-state index is 0.147. The molecule has 0 aliphatic heterocycles. The Morgan fingerprint density at radius 1 is 1.26 bits per heavy atom.